The molecule has 2 aromatic heterocycles. The lowest BCUT2D eigenvalue weighted by atomic mass is 9.91. The number of likely N-dealkylation sites (tertiary alicyclic amines) is 1. The minimum absolute atomic E-state index is 0.0141. The van der Waals surface area contributed by atoms with Crippen molar-refractivity contribution in [3.8, 4) is 17.2 Å². The molecule has 0 bridgehead atoms. The van der Waals surface area contributed by atoms with Crippen LogP contribution in [0.3, 0.4) is 0 Å². The molecular weight excluding hydrogens is 588 g/mol. The van der Waals surface area contributed by atoms with Crippen molar-refractivity contribution in [3.05, 3.63) is 77.1 Å². The highest BCUT2D eigenvalue weighted by Crippen LogP contribution is 2.40. The molecule has 1 aliphatic rings. The number of methoxy groups -OCH3 is 1. The number of esters is 1. The highest BCUT2D eigenvalue weighted by molar-refractivity contribution is 5.99. The molecule has 1 fully saturated rings. The summed E-state index contributed by atoms with van der Waals surface area (Å²) in [7, 11) is 1.29. The predicted molar refractivity (Wildman–Crippen MR) is 148 cm³/mol. The Hall–Kier alpha value is -4.56. The van der Waals surface area contributed by atoms with Crippen LogP contribution in [0.2, 0.25) is 0 Å². The third-order valence-corrected chi connectivity index (χ3v) is 7.37. The predicted octanol–water partition coefficient (Wildman–Crippen LogP) is 4.74. The van der Waals surface area contributed by atoms with Gasteiger partial charge < -0.3 is 29.6 Å². The number of nitrogens with zero attached hydrogens (tertiary/aromatic N) is 3. The molecular formula is C30H28F4N4O6. The number of β-amino-alcohol motifs (C(OH)–C–C–N with tert-alkyl or cyclic N) is 1. The number of hydrogen-bond acceptors (Lipinski definition) is 9. The smallest absolute Gasteiger partial charge is 0.433 e. The Morgan fingerprint density at radius 2 is 1.86 bits per heavy atom. The molecule has 44 heavy (non-hydrogen) atoms. The SMILES string of the molecule is CCOC(=O)C1CC(O)(c2ccc(F)cc2)CN1C(=O)c1nc(-c2ccc(OC)c3nc(C(F)(F)F)ccc23)oc1[C@H](C)N. The lowest BCUT2D eigenvalue weighted by molar-refractivity contribution is -0.147. The van der Waals surface area contributed by atoms with Crippen molar-refractivity contribution in [1.82, 2.24) is 14.9 Å². The van der Waals surface area contributed by atoms with Crippen LogP contribution in [0, 0.1) is 5.82 Å². The number of carbonyl (C=O) groups is 2. The summed E-state index contributed by atoms with van der Waals surface area (Å²) in [6.07, 6.45) is -4.95. The molecule has 5 rings (SSSR count). The maximum Gasteiger partial charge on any atom is 0.433 e. The minimum atomic E-state index is -4.71. The molecule has 4 aromatic rings. The van der Waals surface area contributed by atoms with E-state index in [-0.39, 0.29) is 64.7 Å². The molecule has 1 amide bonds. The summed E-state index contributed by atoms with van der Waals surface area (Å²) < 4.78 is 70.2. The third kappa shape index (κ3) is 5.57. The summed E-state index contributed by atoms with van der Waals surface area (Å²) in [6, 6.07) is 7.80. The van der Waals surface area contributed by atoms with Crippen LogP contribution in [0.1, 0.15) is 53.8 Å². The van der Waals surface area contributed by atoms with Crippen molar-refractivity contribution in [3.63, 3.8) is 0 Å². The number of alkyl halides is 3. The molecule has 0 aliphatic carbocycles. The normalized spacial score (nSPS) is 19.3. The Morgan fingerprint density at radius 3 is 2.48 bits per heavy atom. The number of ether oxygens (including phenoxy) is 2. The lowest BCUT2D eigenvalue weighted by Gasteiger charge is -2.24. The second kappa shape index (κ2) is 11.5. The molecule has 1 saturated heterocycles. The van der Waals surface area contributed by atoms with Gasteiger partial charge in [-0.1, -0.05) is 12.1 Å². The summed E-state index contributed by atoms with van der Waals surface area (Å²) in [5.41, 5.74) is 3.38. The monoisotopic (exact) mass is 616 g/mol. The Labute approximate surface area is 248 Å². The standard InChI is InChI=1S/C30H28F4N4O6/c1-4-43-28(40)20-13-29(41,16-5-7-17(31)8-6-16)14-38(20)27(39)24-25(15(2)35)44-26(37-24)19-9-11-21(42-3)23-18(19)10-12-22(36-23)30(32,33)34/h5-12,15,20,41H,4,13-14,35H2,1-3H3/t15-,20?,29?/m0/s1. The number of halogens is 4. The maximum absolute atomic E-state index is 14.0. The van der Waals surface area contributed by atoms with Gasteiger partial charge in [-0.25, -0.2) is 19.2 Å². The second-order valence-corrected chi connectivity index (χ2v) is 10.4. The van der Waals surface area contributed by atoms with Gasteiger partial charge in [0.05, 0.1) is 26.3 Å². The topological polar surface area (TPSA) is 141 Å². The molecule has 10 nitrogen and oxygen atoms in total. The number of aliphatic hydroxyl groups is 1. The fraction of sp³-hybridized carbons (Fsp3) is 0.333. The number of benzene rings is 2. The van der Waals surface area contributed by atoms with Crippen molar-refractivity contribution in [1.29, 1.82) is 0 Å². The molecule has 1 aliphatic heterocycles. The van der Waals surface area contributed by atoms with Crippen molar-refractivity contribution >= 4 is 22.8 Å². The number of fused-ring (bicyclic) bond motifs is 1. The Bertz CT molecular complexity index is 1720. The molecule has 2 unspecified atom stereocenters. The second-order valence-electron chi connectivity index (χ2n) is 10.4. The zero-order valence-corrected chi connectivity index (χ0v) is 23.8. The van der Waals surface area contributed by atoms with E-state index in [2.05, 4.69) is 9.97 Å². The van der Waals surface area contributed by atoms with E-state index in [1.165, 1.54) is 44.4 Å². The maximum atomic E-state index is 14.0. The number of nitrogens with two attached hydrogens (primary N) is 1. The number of rotatable bonds is 7. The van der Waals surface area contributed by atoms with Crippen LogP contribution < -0.4 is 10.5 Å². The van der Waals surface area contributed by atoms with Crippen LogP contribution >= 0.6 is 0 Å². The summed E-state index contributed by atoms with van der Waals surface area (Å²) in [5, 5.41) is 11.7. The minimum Gasteiger partial charge on any atom is -0.494 e. The van der Waals surface area contributed by atoms with E-state index < -0.39 is 47.2 Å². The summed E-state index contributed by atoms with van der Waals surface area (Å²) in [5.74, 6) is -2.24. The molecule has 0 spiro atoms. The van der Waals surface area contributed by atoms with E-state index >= 15 is 0 Å². The Kier molecular flexibility index (Phi) is 8.07. The fourth-order valence-electron chi connectivity index (χ4n) is 5.26. The molecule has 3 atom stereocenters. The number of aromatic nitrogens is 2. The van der Waals surface area contributed by atoms with Gasteiger partial charge in [0.1, 0.15) is 34.4 Å². The average molecular weight is 617 g/mol. The van der Waals surface area contributed by atoms with E-state index in [0.29, 0.717) is 0 Å². The number of hydrogen-bond donors (Lipinski definition) is 2. The van der Waals surface area contributed by atoms with E-state index in [0.717, 1.165) is 23.1 Å². The number of oxazole rings is 1. The average Bonchev–Trinajstić information content (AvgIpc) is 3.59. The first kappa shape index (κ1) is 30.9. The van der Waals surface area contributed by atoms with Crippen LogP contribution in [0.15, 0.2) is 52.9 Å². The molecule has 232 valence electrons. The van der Waals surface area contributed by atoms with Crippen molar-refractivity contribution in [2.75, 3.05) is 20.3 Å². The van der Waals surface area contributed by atoms with Crippen LogP contribution in [0.4, 0.5) is 17.6 Å². The van der Waals surface area contributed by atoms with Crippen molar-refractivity contribution < 1.29 is 46.1 Å². The Balaban J connectivity index is 1.59. The van der Waals surface area contributed by atoms with Gasteiger partial charge in [-0.15, -0.1) is 0 Å². The quantitative estimate of drug-likeness (QED) is 0.223. The summed E-state index contributed by atoms with van der Waals surface area (Å²) >= 11 is 0. The highest BCUT2D eigenvalue weighted by Gasteiger charge is 2.50. The van der Waals surface area contributed by atoms with Gasteiger partial charge in [0.15, 0.2) is 11.5 Å². The Morgan fingerprint density at radius 1 is 1.16 bits per heavy atom. The van der Waals surface area contributed by atoms with Crippen LogP contribution in [-0.4, -0.2) is 58.2 Å². The van der Waals surface area contributed by atoms with Crippen LogP contribution in [0.25, 0.3) is 22.4 Å². The largest absolute Gasteiger partial charge is 0.494 e. The van der Waals surface area contributed by atoms with Gasteiger partial charge in [0.25, 0.3) is 5.91 Å². The van der Waals surface area contributed by atoms with Crippen molar-refractivity contribution in [2.45, 2.75) is 44.1 Å². The van der Waals surface area contributed by atoms with E-state index in [1.54, 1.807) is 6.92 Å². The molecule has 3 heterocycles. The van der Waals surface area contributed by atoms with E-state index in [4.69, 9.17) is 19.6 Å². The molecule has 0 radical (unpaired) electrons. The first-order valence-corrected chi connectivity index (χ1v) is 13.5. The first-order valence-electron chi connectivity index (χ1n) is 13.5. The molecule has 14 heteroatoms. The number of amides is 1. The summed E-state index contributed by atoms with van der Waals surface area (Å²) in [6.45, 7) is 2.78. The van der Waals surface area contributed by atoms with Gasteiger partial charge in [-0.3, -0.25) is 4.79 Å². The van der Waals surface area contributed by atoms with E-state index in [1.807, 2.05) is 0 Å². The van der Waals surface area contributed by atoms with Gasteiger partial charge in [-0.2, -0.15) is 13.2 Å². The van der Waals surface area contributed by atoms with Gasteiger partial charge in [0, 0.05) is 17.4 Å². The van der Waals surface area contributed by atoms with Gasteiger partial charge >= 0.3 is 12.1 Å². The summed E-state index contributed by atoms with van der Waals surface area (Å²) in [4.78, 5) is 36.2. The molecule has 3 N–H and O–H groups in total. The van der Waals surface area contributed by atoms with Gasteiger partial charge in [0.2, 0.25) is 5.89 Å². The van der Waals surface area contributed by atoms with Crippen molar-refractivity contribution in [2.24, 2.45) is 5.73 Å². The van der Waals surface area contributed by atoms with E-state index in [9.17, 15) is 32.3 Å². The fourth-order valence-corrected chi connectivity index (χ4v) is 5.26. The van der Waals surface area contributed by atoms with Gasteiger partial charge in [-0.05, 0) is 55.8 Å². The first-order chi connectivity index (χ1) is 20.8. The number of pyridine rings is 1. The molecule has 2 aromatic carbocycles. The lowest BCUT2D eigenvalue weighted by Crippen LogP contribution is -2.42. The zero-order valence-electron chi connectivity index (χ0n) is 23.8. The molecule has 0 saturated carbocycles. The zero-order chi connectivity index (χ0) is 32.0. The van der Waals surface area contributed by atoms with Crippen LogP contribution in [-0.2, 0) is 21.3 Å². The highest BCUT2D eigenvalue weighted by atomic mass is 19.4. The third-order valence-electron chi connectivity index (χ3n) is 7.37. The number of carbonyl (C=O) groups excluding carboxylic acids is 2. The van der Waals surface area contributed by atoms with Crippen LogP contribution in [0.5, 0.6) is 5.75 Å².